The molecular weight excluding hydrogens is 226 g/mol. The zero-order valence-corrected chi connectivity index (χ0v) is 10.3. The molecule has 0 amide bonds. The molecule has 18 heavy (non-hydrogen) atoms. The van der Waals surface area contributed by atoms with Gasteiger partial charge in [-0.3, -0.25) is 0 Å². The summed E-state index contributed by atoms with van der Waals surface area (Å²) >= 11 is 0. The van der Waals surface area contributed by atoms with E-state index in [0.717, 1.165) is 11.4 Å². The van der Waals surface area contributed by atoms with Gasteiger partial charge in [0.1, 0.15) is 11.6 Å². The maximum absolute atomic E-state index is 8.87. The Morgan fingerprint density at radius 3 is 2.83 bits per heavy atom. The number of hydrogen-bond acceptors (Lipinski definition) is 4. The van der Waals surface area contributed by atoms with Crippen LogP contribution in [0.1, 0.15) is 11.1 Å². The van der Waals surface area contributed by atoms with Crippen molar-refractivity contribution in [1.82, 2.24) is 4.98 Å². The summed E-state index contributed by atoms with van der Waals surface area (Å²) < 4.78 is 5.69. The Kier molecular flexibility index (Phi) is 3.44. The lowest BCUT2D eigenvalue weighted by Gasteiger charge is -2.09. The zero-order valence-electron chi connectivity index (χ0n) is 10.3. The van der Waals surface area contributed by atoms with Crippen LogP contribution in [0.5, 0.6) is 11.6 Å². The maximum Gasteiger partial charge on any atom is 0.221 e. The number of aromatic nitrogens is 1. The van der Waals surface area contributed by atoms with Gasteiger partial charge in [-0.1, -0.05) is 12.1 Å². The number of ether oxygens (including phenoxy) is 1. The minimum Gasteiger partial charge on any atom is -0.439 e. The number of nitriles is 1. The minimum absolute atomic E-state index is 0.500. The molecule has 1 heterocycles. The van der Waals surface area contributed by atoms with Gasteiger partial charge in [0.2, 0.25) is 5.88 Å². The molecule has 0 fully saturated rings. The van der Waals surface area contributed by atoms with Crippen LogP contribution in [-0.2, 0) is 0 Å². The molecule has 1 N–H and O–H groups in total. The highest BCUT2D eigenvalue weighted by atomic mass is 16.5. The summed E-state index contributed by atoms with van der Waals surface area (Å²) in [6.45, 7) is 1.93. The van der Waals surface area contributed by atoms with Crippen molar-refractivity contribution in [1.29, 1.82) is 5.26 Å². The molecule has 0 unspecified atom stereocenters. The first-order chi connectivity index (χ1) is 8.72. The van der Waals surface area contributed by atoms with E-state index in [9.17, 15) is 0 Å². The fraction of sp³-hybridized carbons (Fsp3) is 0.143. The van der Waals surface area contributed by atoms with Gasteiger partial charge in [0.25, 0.3) is 0 Å². The van der Waals surface area contributed by atoms with E-state index in [4.69, 9.17) is 10.00 Å². The second-order valence-electron chi connectivity index (χ2n) is 3.81. The van der Waals surface area contributed by atoms with Gasteiger partial charge < -0.3 is 10.1 Å². The van der Waals surface area contributed by atoms with Crippen LogP contribution >= 0.6 is 0 Å². The van der Waals surface area contributed by atoms with E-state index in [0.29, 0.717) is 17.2 Å². The van der Waals surface area contributed by atoms with Gasteiger partial charge >= 0.3 is 0 Å². The average Bonchev–Trinajstić information content (AvgIpc) is 2.41. The molecule has 0 saturated carbocycles. The molecule has 0 aliphatic heterocycles. The van der Waals surface area contributed by atoms with Crippen molar-refractivity contribution in [3.05, 3.63) is 47.5 Å². The summed E-state index contributed by atoms with van der Waals surface area (Å²) in [6.07, 6.45) is 0. The number of rotatable bonds is 3. The van der Waals surface area contributed by atoms with E-state index in [-0.39, 0.29) is 0 Å². The highest BCUT2D eigenvalue weighted by Crippen LogP contribution is 2.25. The Hall–Kier alpha value is -2.54. The van der Waals surface area contributed by atoms with Crippen LogP contribution in [0.4, 0.5) is 5.82 Å². The van der Waals surface area contributed by atoms with Gasteiger partial charge in [-0.15, -0.1) is 0 Å². The van der Waals surface area contributed by atoms with E-state index < -0.39 is 0 Å². The fourth-order valence-electron chi connectivity index (χ4n) is 1.50. The Labute approximate surface area is 106 Å². The Morgan fingerprint density at radius 1 is 1.28 bits per heavy atom. The van der Waals surface area contributed by atoms with Crippen LogP contribution in [0.2, 0.25) is 0 Å². The number of hydrogen-bond donors (Lipinski definition) is 1. The predicted octanol–water partition coefficient (Wildman–Crippen LogP) is 3.10. The summed E-state index contributed by atoms with van der Waals surface area (Å²) in [5.74, 6) is 1.89. The maximum atomic E-state index is 8.87. The Morgan fingerprint density at radius 2 is 2.11 bits per heavy atom. The predicted molar refractivity (Wildman–Crippen MR) is 69.8 cm³/mol. The van der Waals surface area contributed by atoms with Crippen LogP contribution in [-0.4, -0.2) is 12.0 Å². The minimum atomic E-state index is 0.500. The highest BCUT2D eigenvalue weighted by Gasteiger charge is 2.04. The molecule has 90 valence electrons. The largest absolute Gasteiger partial charge is 0.439 e. The van der Waals surface area contributed by atoms with Crippen LogP contribution < -0.4 is 10.1 Å². The molecule has 0 bridgehead atoms. The van der Waals surface area contributed by atoms with Crippen molar-refractivity contribution in [3.8, 4) is 17.7 Å². The van der Waals surface area contributed by atoms with Crippen molar-refractivity contribution in [2.45, 2.75) is 6.92 Å². The van der Waals surface area contributed by atoms with Crippen LogP contribution in [0.3, 0.4) is 0 Å². The lowest BCUT2D eigenvalue weighted by molar-refractivity contribution is 0.460. The van der Waals surface area contributed by atoms with Gasteiger partial charge in [0, 0.05) is 13.1 Å². The number of nitrogens with one attached hydrogen (secondary N) is 1. The molecule has 1 aromatic heterocycles. The molecule has 0 aliphatic rings. The summed E-state index contributed by atoms with van der Waals surface area (Å²) in [6, 6.07) is 12.9. The molecule has 4 heteroatoms. The third-order valence-corrected chi connectivity index (χ3v) is 2.51. The van der Waals surface area contributed by atoms with E-state index in [1.165, 1.54) is 0 Å². The van der Waals surface area contributed by atoms with Gasteiger partial charge in [-0.05, 0) is 30.7 Å². The van der Waals surface area contributed by atoms with Crippen molar-refractivity contribution in [3.63, 3.8) is 0 Å². The van der Waals surface area contributed by atoms with Crippen molar-refractivity contribution < 1.29 is 4.74 Å². The summed E-state index contributed by atoms with van der Waals surface area (Å²) in [5.41, 5.74) is 1.53. The number of aryl methyl sites for hydroxylation is 1. The third kappa shape index (κ3) is 2.58. The smallest absolute Gasteiger partial charge is 0.221 e. The van der Waals surface area contributed by atoms with Gasteiger partial charge in [-0.2, -0.15) is 10.2 Å². The number of pyridine rings is 1. The highest BCUT2D eigenvalue weighted by molar-refractivity contribution is 5.44. The average molecular weight is 239 g/mol. The standard InChI is InChI=1S/C14H13N3O/c1-10-6-7-11(9-15)8-12(10)18-14-5-3-4-13(16-2)17-14/h3-8H,1-2H3,(H,16,17). The second-order valence-corrected chi connectivity index (χ2v) is 3.81. The molecule has 0 aliphatic carbocycles. The van der Waals surface area contributed by atoms with E-state index in [1.54, 1.807) is 25.2 Å². The van der Waals surface area contributed by atoms with Crippen LogP contribution in [0, 0.1) is 18.3 Å². The fourth-order valence-corrected chi connectivity index (χ4v) is 1.50. The molecule has 0 spiro atoms. The van der Waals surface area contributed by atoms with E-state index in [2.05, 4.69) is 16.4 Å². The quantitative estimate of drug-likeness (QED) is 0.894. The first kappa shape index (κ1) is 11.9. The summed E-state index contributed by atoms with van der Waals surface area (Å²) in [7, 11) is 1.80. The van der Waals surface area contributed by atoms with Crippen LogP contribution in [0.25, 0.3) is 0 Å². The first-order valence-electron chi connectivity index (χ1n) is 5.56. The SMILES string of the molecule is CNc1cccc(Oc2cc(C#N)ccc2C)n1. The van der Waals surface area contributed by atoms with E-state index in [1.807, 2.05) is 25.1 Å². The van der Waals surface area contributed by atoms with Crippen molar-refractivity contribution in [2.75, 3.05) is 12.4 Å². The number of nitrogens with zero attached hydrogens (tertiary/aromatic N) is 2. The third-order valence-electron chi connectivity index (χ3n) is 2.51. The molecule has 2 aromatic rings. The van der Waals surface area contributed by atoms with Crippen LogP contribution in [0.15, 0.2) is 36.4 Å². The number of benzene rings is 1. The van der Waals surface area contributed by atoms with Gasteiger partial charge in [0.15, 0.2) is 0 Å². The van der Waals surface area contributed by atoms with Gasteiger partial charge in [-0.25, -0.2) is 0 Å². The first-order valence-corrected chi connectivity index (χ1v) is 5.56. The molecule has 0 saturated heterocycles. The Bertz CT molecular complexity index is 602. The summed E-state index contributed by atoms with van der Waals surface area (Å²) in [5, 5.41) is 11.8. The van der Waals surface area contributed by atoms with Crippen molar-refractivity contribution >= 4 is 5.82 Å². The monoisotopic (exact) mass is 239 g/mol. The molecule has 4 nitrogen and oxygen atoms in total. The lowest BCUT2D eigenvalue weighted by Crippen LogP contribution is -1.95. The van der Waals surface area contributed by atoms with Gasteiger partial charge in [0.05, 0.1) is 11.6 Å². The normalized spacial score (nSPS) is 9.61. The van der Waals surface area contributed by atoms with Crippen molar-refractivity contribution in [2.24, 2.45) is 0 Å². The van der Waals surface area contributed by atoms with E-state index >= 15 is 0 Å². The number of anilines is 1. The second kappa shape index (κ2) is 5.19. The molecule has 2 rings (SSSR count). The molecule has 0 atom stereocenters. The molecule has 1 aromatic carbocycles. The topological polar surface area (TPSA) is 57.9 Å². The molecular formula is C14H13N3O. The lowest BCUT2D eigenvalue weighted by atomic mass is 10.1. The zero-order chi connectivity index (χ0) is 13.0. The Balaban J connectivity index is 2.30. The molecule has 0 radical (unpaired) electrons. The summed E-state index contributed by atoms with van der Waals surface area (Å²) in [4.78, 5) is 4.27.